The molecule has 0 unspecified atom stereocenters. The molecule has 0 radical (unpaired) electrons. The maximum atomic E-state index is 13.0. The molecule has 1 N–H and O–H groups in total. The van der Waals surface area contributed by atoms with Crippen LogP contribution in [0.1, 0.15) is 18.9 Å². The third kappa shape index (κ3) is 2.92. The number of aliphatic hydroxyl groups is 1. The van der Waals surface area contributed by atoms with Crippen LogP contribution in [0.4, 0.5) is 13.2 Å². The molecule has 1 aromatic rings. The topological polar surface area (TPSA) is 62.1 Å². The number of benzene rings is 1. The summed E-state index contributed by atoms with van der Waals surface area (Å²) in [5, 5.41) is 13.3. The first-order valence-corrected chi connectivity index (χ1v) is 6.50. The highest BCUT2D eigenvalue weighted by molar-refractivity contribution is 5.89. The molecule has 1 aliphatic rings. The van der Waals surface area contributed by atoms with Gasteiger partial charge < -0.3 is 9.84 Å². The van der Waals surface area contributed by atoms with Gasteiger partial charge in [-0.05, 0) is 25.5 Å². The number of hydrogen-bond donors (Lipinski definition) is 1. The molecule has 0 aliphatic carbocycles. The summed E-state index contributed by atoms with van der Waals surface area (Å²) in [6.45, 7) is 2.40. The van der Waals surface area contributed by atoms with Gasteiger partial charge in [0.2, 0.25) is 0 Å². The van der Waals surface area contributed by atoms with Gasteiger partial charge in [-0.25, -0.2) is 0 Å². The lowest BCUT2D eigenvalue weighted by atomic mass is 10.1. The Morgan fingerprint density at radius 2 is 2.05 bits per heavy atom. The van der Waals surface area contributed by atoms with E-state index in [9.17, 15) is 23.1 Å². The van der Waals surface area contributed by atoms with E-state index in [1.165, 1.54) is 6.92 Å². The first-order chi connectivity index (χ1) is 10.1. The van der Waals surface area contributed by atoms with E-state index in [4.69, 9.17) is 4.74 Å². The van der Waals surface area contributed by atoms with Gasteiger partial charge in [0.25, 0.3) is 11.6 Å². The molecule has 0 bridgehead atoms. The number of hydrazone groups is 1. The Labute approximate surface area is 125 Å². The Balaban J connectivity index is 2.13. The lowest BCUT2D eigenvalue weighted by Gasteiger charge is -2.32. The number of ether oxygens (including phenoxy) is 1. The Bertz CT molecular complexity index is 616. The summed E-state index contributed by atoms with van der Waals surface area (Å²) in [4.78, 5) is 12.0. The Morgan fingerprint density at radius 1 is 1.41 bits per heavy atom. The van der Waals surface area contributed by atoms with E-state index in [0.717, 1.165) is 5.56 Å². The average molecular weight is 316 g/mol. The minimum Gasteiger partial charge on any atom is -0.483 e. The van der Waals surface area contributed by atoms with Gasteiger partial charge in [-0.2, -0.15) is 23.3 Å². The zero-order valence-corrected chi connectivity index (χ0v) is 12.0. The van der Waals surface area contributed by atoms with E-state index in [1.807, 2.05) is 0 Å². The smallest absolute Gasteiger partial charge is 0.438 e. The van der Waals surface area contributed by atoms with Crippen LogP contribution in [0.25, 0.3) is 0 Å². The zero-order valence-electron chi connectivity index (χ0n) is 12.0. The summed E-state index contributed by atoms with van der Waals surface area (Å²) in [6.07, 6.45) is -5.78. The quantitative estimate of drug-likeness (QED) is 0.930. The number of nitrogens with zero attached hydrogens (tertiary/aromatic N) is 2. The van der Waals surface area contributed by atoms with Crippen molar-refractivity contribution in [2.24, 2.45) is 5.10 Å². The van der Waals surface area contributed by atoms with E-state index in [1.54, 1.807) is 31.2 Å². The van der Waals surface area contributed by atoms with Crippen molar-refractivity contribution >= 4 is 11.6 Å². The number of alkyl halides is 3. The van der Waals surface area contributed by atoms with Gasteiger partial charge >= 0.3 is 6.18 Å². The van der Waals surface area contributed by atoms with Gasteiger partial charge in [0, 0.05) is 12.1 Å². The molecule has 5 nitrogen and oxygen atoms in total. The Kier molecular flexibility index (Phi) is 4.15. The fourth-order valence-corrected chi connectivity index (χ4v) is 2.12. The van der Waals surface area contributed by atoms with Crippen molar-refractivity contribution < 1.29 is 27.8 Å². The largest absolute Gasteiger partial charge is 0.483 e. The van der Waals surface area contributed by atoms with Crippen molar-refractivity contribution in [1.29, 1.82) is 0 Å². The number of carbonyl (C=O) groups is 1. The van der Waals surface area contributed by atoms with Gasteiger partial charge in [-0.3, -0.25) is 4.79 Å². The van der Waals surface area contributed by atoms with Gasteiger partial charge in [0.15, 0.2) is 6.61 Å². The number of rotatable bonds is 3. The molecule has 1 aromatic carbocycles. The van der Waals surface area contributed by atoms with Crippen LogP contribution in [0.3, 0.4) is 0 Å². The molecule has 0 spiro atoms. The summed E-state index contributed by atoms with van der Waals surface area (Å²) < 4.78 is 44.2. The van der Waals surface area contributed by atoms with E-state index in [0.29, 0.717) is 5.75 Å². The Morgan fingerprint density at radius 3 is 2.64 bits per heavy atom. The van der Waals surface area contributed by atoms with Gasteiger partial charge in [-0.1, -0.05) is 18.2 Å². The van der Waals surface area contributed by atoms with Crippen LogP contribution in [0.2, 0.25) is 0 Å². The molecule has 0 fully saturated rings. The van der Waals surface area contributed by atoms with Crippen molar-refractivity contribution in [2.45, 2.75) is 32.2 Å². The third-order valence-corrected chi connectivity index (χ3v) is 3.26. The molecule has 22 heavy (non-hydrogen) atoms. The normalized spacial score (nSPS) is 21.7. The lowest BCUT2D eigenvalue weighted by molar-refractivity contribution is -0.302. The van der Waals surface area contributed by atoms with Crippen LogP contribution in [0.15, 0.2) is 29.4 Å². The van der Waals surface area contributed by atoms with E-state index < -0.39 is 30.8 Å². The summed E-state index contributed by atoms with van der Waals surface area (Å²) in [5.41, 5.74) is -2.56. The zero-order chi connectivity index (χ0) is 16.5. The number of para-hydroxylation sites is 1. The molecule has 8 heteroatoms. The van der Waals surface area contributed by atoms with Crippen molar-refractivity contribution in [3.05, 3.63) is 29.8 Å². The molecule has 0 aromatic heterocycles. The maximum Gasteiger partial charge on any atom is 0.438 e. The second kappa shape index (κ2) is 5.60. The predicted molar refractivity (Wildman–Crippen MR) is 72.3 cm³/mol. The van der Waals surface area contributed by atoms with Crippen molar-refractivity contribution in [2.75, 3.05) is 6.61 Å². The van der Waals surface area contributed by atoms with Crippen molar-refractivity contribution in [3.8, 4) is 5.75 Å². The molecule has 0 saturated carbocycles. The monoisotopic (exact) mass is 316 g/mol. The molecule has 1 aliphatic heterocycles. The molecule has 1 atom stereocenters. The van der Waals surface area contributed by atoms with E-state index in [2.05, 4.69) is 5.10 Å². The highest BCUT2D eigenvalue weighted by atomic mass is 19.4. The summed E-state index contributed by atoms with van der Waals surface area (Å²) in [7, 11) is 0. The number of hydrogen-bond acceptors (Lipinski definition) is 4. The van der Waals surface area contributed by atoms with Crippen molar-refractivity contribution in [3.63, 3.8) is 0 Å². The average Bonchev–Trinajstić information content (AvgIpc) is 2.73. The molecule has 0 saturated heterocycles. The molecular formula is C14H15F3N2O3. The second-order valence-electron chi connectivity index (χ2n) is 5.09. The molecular weight excluding hydrogens is 301 g/mol. The fourth-order valence-electron chi connectivity index (χ4n) is 2.12. The van der Waals surface area contributed by atoms with E-state index in [-0.39, 0.29) is 10.7 Å². The molecule has 1 heterocycles. The second-order valence-corrected chi connectivity index (χ2v) is 5.09. The van der Waals surface area contributed by atoms with Crippen LogP contribution >= 0.6 is 0 Å². The number of amides is 1. The lowest BCUT2D eigenvalue weighted by Crippen LogP contribution is -2.57. The van der Waals surface area contributed by atoms with Crippen LogP contribution in [0, 0.1) is 6.92 Å². The standard InChI is InChI=1S/C14H15F3N2O3/c1-9-5-3-4-6-11(9)22-8-12(20)19-13(21,14(15,16)17)7-10(2)18-19/h3-6,21H,7-8H2,1-2H3/t13-/m0/s1. The Hall–Kier alpha value is -2.09. The van der Waals surface area contributed by atoms with Crippen molar-refractivity contribution in [1.82, 2.24) is 5.01 Å². The minimum atomic E-state index is -5.01. The van der Waals surface area contributed by atoms with Gasteiger partial charge in [0.1, 0.15) is 5.75 Å². The fraction of sp³-hybridized carbons (Fsp3) is 0.429. The van der Waals surface area contributed by atoms with E-state index >= 15 is 0 Å². The summed E-state index contributed by atoms with van der Waals surface area (Å²) in [6, 6.07) is 6.78. The molecule has 120 valence electrons. The number of carbonyl (C=O) groups excluding carboxylic acids is 1. The van der Waals surface area contributed by atoms with Crippen LogP contribution in [0.5, 0.6) is 5.75 Å². The summed E-state index contributed by atoms with van der Waals surface area (Å²) >= 11 is 0. The molecule has 2 rings (SSSR count). The van der Waals surface area contributed by atoms with Crippen LogP contribution in [-0.4, -0.2) is 40.2 Å². The molecule has 1 amide bonds. The maximum absolute atomic E-state index is 13.0. The summed E-state index contributed by atoms with van der Waals surface area (Å²) in [5.74, 6) is -0.689. The predicted octanol–water partition coefficient (Wildman–Crippen LogP) is 2.23. The SMILES string of the molecule is CC1=NN(C(=O)COc2ccccc2C)[C@@](O)(C(F)(F)F)C1. The van der Waals surface area contributed by atoms with Crippen LogP contribution in [-0.2, 0) is 4.79 Å². The highest BCUT2D eigenvalue weighted by Gasteiger charge is 2.62. The minimum absolute atomic E-state index is 0.0177. The first-order valence-electron chi connectivity index (χ1n) is 6.50. The first kappa shape index (κ1) is 16.3. The number of halogens is 3. The third-order valence-electron chi connectivity index (χ3n) is 3.26. The van der Waals surface area contributed by atoms with Gasteiger partial charge in [0.05, 0.1) is 0 Å². The van der Waals surface area contributed by atoms with Gasteiger partial charge in [-0.15, -0.1) is 0 Å². The highest BCUT2D eigenvalue weighted by Crippen LogP contribution is 2.40. The number of aryl methyl sites for hydroxylation is 1. The van der Waals surface area contributed by atoms with Crippen LogP contribution < -0.4 is 4.74 Å².